The Kier molecular flexibility index (Phi) is 10.3. The Morgan fingerprint density at radius 1 is 1.03 bits per heavy atom. The van der Waals surface area contributed by atoms with Gasteiger partial charge in [0.1, 0.15) is 5.01 Å². The molecule has 0 unspecified atom stereocenters. The van der Waals surface area contributed by atoms with Crippen molar-refractivity contribution >= 4 is 41.3 Å². The molecule has 2 N–H and O–H groups in total. The van der Waals surface area contributed by atoms with Crippen LogP contribution in [0.5, 0.6) is 0 Å². The topological polar surface area (TPSA) is 55.8 Å². The highest BCUT2D eigenvalue weighted by atomic mass is 127. The van der Waals surface area contributed by atoms with Crippen molar-refractivity contribution < 1.29 is 0 Å². The SMILES string of the molecule is CCN1CCN(Cc2ccc(CNC(=NC)NCc3ncc(C)s3)cc2)CC1.I. The lowest BCUT2D eigenvalue weighted by Gasteiger charge is -2.34. The van der Waals surface area contributed by atoms with Crippen LogP contribution in [0.4, 0.5) is 0 Å². The summed E-state index contributed by atoms with van der Waals surface area (Å²) in [4.78, 5) is 15.0. The van der Waals surface area contributed by atoms with E-state index in [1.165, 1.54) is 29.1 Å². The van der Waals surface area contributed by atoms with Crippen LogP contribution >= 0.6 is 35.3 Å². The van der Waals surface area contributed by atoms with Gasteiger partial charge >= 0.3 is 0 Å². The Bertz CT molecular complexity index is 753. The summed E-state index contributed by atoms with van der Waals surface area (Å²) >= 11 is 1.71. The third-order valence-corrected chi connectivity index (χ3v) is 6.01. The van der Waals surface area contributed by atoms with Crippen molar-refractivity contribution in [3.8, 4) is 0 Å². The zero-order valence-electron chi connectivity index (χ0n) is 17.6. The van der Waals surface area contributed by atoms with E-state index in [-0.39, 0.29) is 24.0 Å². The van der Waals surface area contributed by atoms with E-state index in [0.717, 1.165) is 43.7 Å². The molecule has 1 saturated heterocycles. The molecule has 0 bridgehead atoms. The van der Waals surface area contributed by atoms with Crippen LogP contribution in [0.2, 0.25) is 0 Å². The van der Waals surface area contributed by atoms with Gasteiger partial charge in [-0.15, -0.1) is 35.3 Å². The summed E-state index contributed by atoms with van der Waals surface area (Å²) in [6.45, 7) is 12.7. The monoisotopic (exact) mass is 528 g/mol. The minimum absolute atomic E-state index is 0. The first kappa shape index (κ1) is 24.0. The molecule has 0 aliphatic carbocycles. The standard InChI is InChI=1S/C21H32N6S.HI/c1-4-26-9-11-27(12-10-26)16-19-7-5-18(6-8-19)14-24-21(22-3)25-15-20-23-13-17(2)28-20;/h5-8,13H,4,9-12,14-16H2,1-3H3,(H2,22,24,25);1H. The number of aryl methyl sites for hydroxylation is 1. The van der Waals surface area contributed by atoms with Crippen molar-refractivity contribution in [1.82, 2.24) is 25.4 Å². The van der Waals surface area contributed by atoms with Crippen molar-refractivity contribution in [2.75, 3.05) is 39.8 Å². The molecule has 0 atom stereocenters. The average molecular weight is 529 g/mol. The first-order chi connectivity index (χ1) is 13.7. The van der Waals surface area contributed by atoms with E-state index >= 15 is 0 Å². The molecular formula is C21H33IN6S. The van der Waals surface area contributed by atoms with E-state index in [0.29, 0.717) is 6.54 Å². The van der Waals surface area contributed by atoms with Crippen molar-refractivity contribution in [2.24, 2.45) is 4.99 Å². The molecule has 8 heteroatoms. The summed E-state index contributed by atoms with van der Waals surface area (Å²) in [6.07, 6.45) is 1.91. The van der Waals surface area contributed by atoms with Crippen molar-refractivity contribution in [3.63, 3.8) is 0 Å². The fraction of sp³-hybridized carbons (Fsp3) is 0.524. The van der Waals surface area contributed by atoms with Crippen molar-refractivity contribution in [2.45, 2.75) is 33.5 Å². The lowest BCUT2D eigenvalue weighted by molar-refractivity contribution is 0.132. The lowest BCUT2D eigenvalue weighted by Crippen LogP contribution is -2.45. The minimum atomic E-state index is 0. The number of likely N-dealkylation sites (N-methyl/N-ethyl adjacent to an activating group) is 1. The van der Waals surface area contributed by atoms with Gasteiger partial charge in [-0.3, -0.25) is 9.89 Å². The summed E-state index contributed by atoms with van der Waals surface area (Å²) in [5.41, 5.74) is 2.64. The number of halogens is 1. The van der Waals surface area contributed by atoms with E-state index in [9.17, 15) is 0 Å². The number of hydrogen-bond donors (Lipinski definition) is 2. The number of nitrogens with one attached hydrogen (secondary N) is 2. The maximum Gasteiger partial charge on any atom is 0.191 e. The molecule has 1 aliphatic rings. The van der Waals surface area contributed by atoms with Gasteiger partial charge in [0.25, 0.3) is 0 Å². The summed E-state index contributed by atoms with van der Waals surface area (Å²) in [7, 11) is 1.80. The summed E-state index contributed by atoms with van der Waals surface area (Å²) in [6, 6.07) is 8.92. The number of hydrogen-bond acceptors (Lipinski definition) is 5. The van der Waals surface area contributed by atoms with E-state index in [2.05, 4.69) is 68.5 Å². The van der Waals surface area contributed by atoms with Crippen LogP contribution in [-0.4, -0.2) is 60.5 Å². The van der Waals surface area contributed by atoms with Gasteiger partial charge in [-0.05, 0) is 24.6 Å². The number of rotatable bonds is 7. The van der Waals surface area contributed by atoms with Crippen molar-refractivity contribution in [1.29, 1.82) is 0 Å². The van der Waals surface area contributed by atoms with Gasteiger partial charge in [-0.25, -0.2) is 4.98 Å². The van der Waals surface area contributed by atoms with E-state index in [4.69, 9.17) is 0 Å². The van der Waals surface area contributed by atoms with Gasteiger partial charge in [0, 0.05) is 57.4 Å². The second-order valence-electron chi connectivity index (χ2n) is 7.17. The average Bonchev–Trinajstić information content (AvgIpc) is 3.15. The normalized spacial score (nSPS) is 15.8. The molecule has 0 amide bonds. The second kappa shape index (κ2) is 12.5. The van der Waals surface area contributed by atoms with Crippen molar-refractivity contribution in [3.05, 3.63) is 51.5 Å². The first-order valence-electron chi connectivity index (χ1n) is 10.0. The quantitative estimate of drug-likeness (QED) is 0.329. The van der Waals surface area contributed by atoms with Gasteiger partial charge in [-0.1, -0.05) is 31.2 Å². The first-order valence-corrected chi connectivity index (χ1v) is 10.9. The van der Waals surface area contributed by atoms with Gasteiger partial charge < -0.3 is 15.5 Å². The Morgan fingerprint density at radius 3 is 2.24 bits per heavy atom. The fourth-order valence-corrected chi connectivity index (χ4v) is 4.06. The molecule has 0 saturated carbocycles. The summed E-state index contributed by atoms with van der Waals surface area (Å²) in [5.74, 6) is 0.797. The molecule has 1 aromatic heterocycles. The predicted octanol–water partition coefficient (Wildman–Crippen LogP) is 3.07. The molecular weight excluding hydrogens is 495 g/mol. The van der Waals surface area contributed by atoms with Gasteiger partial charge in [0.15, 0.2) is 5.96 Å². The smallest absolute Gasteiger partial charge is 0.191 e. The molecule has 1 aliphatic heterocycles. The van der Waals surface area contributed by atoms with Gasteiger partial charge in [-0.2, -0.15) is 0 Å². The number of benzene rings is 1. The predicted molar refractivity (Wildman–Crippen MR) is 133 cm³/mol. The Balaban J connectivity index is 0.00000300. The molecule has 2 heterocycles. The fourth-order valence-electron chi connectivity index (χ4n) is 3.33. The van der Waals surface area contributed by atoms with E-state index < -0.39 is 0 Å². The summed E-state index contributed by atoms with van der Waals surface area (Å²) < 4.78 is 0. The number of aliphatic imine (C=N–C) groups is 1. The highest BCUT2D eigenvalue weighted by molar-refractivity contribution is 14.0. The van der Waals surface area contributed by atoms with Crippen LogP contribution in [-0.2, 0) is 19.6 Å². The van der Waals surface area contributed by atoms with Gasteiger partial charge in [0.2, 0.25) is 0 Å². The highest BCUT2D eigenvalue weighted by Crippen LogP contribution is 2.11. The number of piperazine rings is 1. The molecule has 29 heavy (non-hydrogen) atoms. The van der Waals surface area contributed by atoms with E-state index in [1.807, 2.05) is 6.20 Å². The van der Waals surface area contributed by atoms with Crippen LogP contribution in [0.25, 0.3) is 0 Å². The molecule has 1 aromatic carbocycles. The zero-order chi connectivity index (χ0) is 19.8. The summed E-state index contributed by atoms with van der Waals surface area (Å²) in [5, 5.41) is 7.77. The van der Waals surface area contributed by atoms with E-state index in [1.54, 1.807) is 18.4 Å². The highest BCUT2D eigenvalue weighted by Gasteiger charge is 2.15. The van der Waals surface area contributed by atoms with Crippen LogP contribution in [0.15, 0.2) is 35.5 Å². The molecule has 0 spiro atoms. The number of nitrogens with zero attached hydrogens (tertiary/aromatic N) is 4. The Morgan fingerprint density at radius 2 is 1.66 bits per heavy atom. The number of aromatic nitrogens is 1. The Hall–Kier alpha value is -1.23. The molecule has 6 nitrogen and oxygen atoms in total. The molecule has 2 aromatic rings. The van der Waals surface area contributed by atoms with Crippen LogP contribution in [0, 0.1) is 6.92 Å². The maximum atomic E-state index is 4.37. The molecule has 160 valence electrons. The van der Waals surface area contributed by atoms with Crippen LogP contribution in [0.3, 0.4) is 0 Å². The molecule has 3 rings (SSSR count). The third kappa shape index (κ3) is 7.84. The van der Waals surface area contributed by atoms with Crippen LogP contribution < -0.4 is 10.6 Å². The molecule has 0 radical (unpaired) electrons. The molecule has 1 fully saturated rings. The number of thiazole rings is 1. The third-order valence-electron chi connectivity index (χ3n) is 5.10. The van der Waals surface area contributed by atoms with Gasteiger partial charge in [0.05, 0.1) is 6.54 Å². The van der Waals surface area contributed by atoms with Crippen LogP contribution in [0.1, 0.15) is 27.9 Å². The lowest BCUT2D eigenvalue weighted by atomic mass is 10.1. The second-order valence-corrected chi connectivity index (χ2v) is 8.49. The number of guanidine groups is 1. The maximum absolute atomic E-state index is 4.37. The Labute approximate surface area is 195 Å². The zero-order valence-corrected chi connectivity index (χ0v) is 20.8. The minimum Gasteiger partial charge on any atom is -0.352 e. The largest absolute Gasteiger partial charge is 0.352 e.